The molecule has 0 spiro atoms. The Morgan fingerprint density at radius 2 is 1.70 bits per heavy atom. The quantitative estimate of drug-likeness (QED) is 0.203. The van der Waals surface area contributed by atoms with E-state index in [2.05, 4.69) is 6.07 Å². The lowest BCUT2D eigenvalue weighted by molar-refractivity contribution is -0.138. The molecule has 4 aromatic carbocycles. The average molecular weight is 628 g/mol. The highest BCUT2D eigenvalue weighted by atomic mass is 32.1. The van der Waals surface area contributed by atoms with Crippen LogP contribution in [-0.4, -0.2) is 24.3 Å². The second kappa shape index (κ2) is 13.5. The first-order valence-corrected chi connectivity index (χ1v) is 15.5. The van der Waals surface area contributed by atoms with E-state index in [9.17, 15) is 9.59 Å². The molecule has 6 rings (SSSR count). The zero-order valence-electron chi connectivity index (χ0n) is 25.2. The van der Waals surface area contributed by atoms with Gasteiger partial charge in [-0.3, -0.25) is 9.36 Å². The molecule has 0 unspecified atom stereocenters. The van der Waals surface area contributed by atoms with E-state index in [1.54, 1.807) is 42.9 Å². The molecule has 0 N–H and O–H groups in total. The van der Waals surface area contributed by atoms with Gasteiger partial charge in [-0.05, 0) is 42.3 Å². The number of methoxy groups -OCH3 is 1. The molecule has 0 saturated carbocycles. The first-order valence-electron chi connectivity index (χ1n) is 14.6. The number of para-hydroxylation sites is 1. The number of carbonyl (C=O) groups excluding carboxylic acids is 1. The second-order valence-corrected chi connectivity index (χ2v) is 11.3. The molecule has 1 aliphatic heterocycles. The van der Waals surface area contributed by atoms with Gasteiger partial charge in [0.05, 0.1) is 47.2 Å². The Morgan fingerprint density at radius 3 is 2.37 bits per heavy atom. The number of thiazole rings is 1. The summed E-state index contributed by atoms with van der Waals surface area (Å²) in [7, 11) is 1.56. The van der Waals surface area contributed by atoms with Crippen molar-refractivity contribution >= 4 is 29.1 Å². The Morgan fingerprint density at radius 1 is 0.978 bits per heavy atom. The van der Waals surface area contributed by atoms with Crippen LogP contribution in [0.5, 0.6) is 11.5 Å². The van der Waals surface area contributed by atoms with E-state index >= 15 is 0 Å². The number of fused-ring (bicyclic) bond motifs is 1. The van der Waals surface area contributed by atoms with Crippen LogP contribution >= 0.6 is 11.3 Å². The van der Waals surface area contributed by atoms with Gasteiger partial charge in [0, 0.05) is 11.1 Å². The highest BCUT2D eigenvalue weighted by Crippen LogP contribution is 2.35. The summed E-state index contributed by atoms with van der Waals surface area (Å²) in [6.45, 7) is 2.16. The first kappa shape index (κ1) is 30.3. The highest BCUT2D eigenvalue weighted by molar-refractivity contribution is 7.07. The summed E-state index contributed by atoms with van der Waals surface area (Å²) in [6.07, 6.45) is 1.76. The number of esters is 1. The number of nitrogens with zero attached hydrogens (tertiary/aromatic N) is 3. The van der Waals surface area contributed by atoms with E-state index in [1.807, 2.05) is 84.9 Å². The SMILES string of the molecule is CCOC(=O)C1=C(c2ccccc2)N=c2s/c(=C\c3cccc(OC)c3OCc3ccc(C#N)cc3)c(=O)n2[C@@H]1c1ccccc1. The Balaban J connectivity index is 1.52. The summed E-state index contributed by atoms with van der Waals surface area (Å²) in [5, 5.41) is 9.12. The molecule has 0 bridgehead atoms. The first-order chi connectivity index (χ1) is 22.5. The normalized spacial score (nSPS) is 14.2. The number of aromatic nitrogens is 1. The zero-order chi connectivity index (χ0) is 32.0. The number of hydrogen-bond donors (Lipinski definition) is 0. The molecular formula is C37H29N3O5S. The Bertz CT molecular complexity index is 2150. The van der Waals surface area contributed by atoms with Crippen molar-refractivity contribution in [3.05, 3.63) is 156 Å². The third kappa shape index (κ3) is 5.99. The molecule has 2 heterocycles. The zero-order valence-corrected chi connectivity index (χ0v) is 26.0. The number of carbonyl (C=O) groups is 1. The number of benzene rings is 4. The maximum absolute atomic E-state index is 14.3. The van der Waals surface area contributed by atoms with Gasteiger partial charge in [-0.25, -0.2) is 9.79 Å². The fourth-order valence-electron chi connectivity index (χ4n) is 5.33. The van der Waals surface area contributed by atoms with Gasteiger partial charge in [0.15, 0.2) is 16.3 Å². The number of rotatable bonds is 9. The lowest BCUT2D eigenvalue weighted by atomic mass is 9.93. The predicted molar refractivity (Wildman–Crippen MR) is 176 cm³/mol. The molecule has 9 heteroatoms. The molecule has 1 aromatic heterocycles. The summed E-state index contributed by atoms with van der Waals surface area (Å²) in [4.78, 5) is 33.3. The summed E-state index contributed by atoms with van der Waals surface area (Å²) in [5.74, 6) is 0.449. The van der Waals surface area contributed by atoms with E-state index in [0.717, 1.165) is 16.7 Å². The largest absolute Gasteiger partial charge is 0.493 e. The van der Waals surface area contributed by atoms with Crippen LogP contribution in [0.4, 0.5) is 0 Å². The van der Waals surface area contributed by atoms with Gasteiger partial charge in [-0.15, -0.1) is 0 Å². The smallest absolute Gasteiger partial charge is 0.338 e. The van der Waals surface area contributed by atoms with Gasteiger partial charge in [0.25, 0.3) is 5.56 Å². The van der Waals surface area contributed by atoms with Crippen LogP contribution in [0, 0.1) is 11.3 Å². The van der Waals surface area contributed by atoms with Gasteiger partial charge in [0.1, 0.15) is 6.61 Å². The van der Waals surface area contributed by atoms with E-state index in [-0.39, 0.29) is 18.8 Å². The monoisotopic (exact) mass is 627 g/mol. The molecule has 0 amide bonds. The van der Waals surface area contributed by atoms with Crippen LogP contribution in [0.25, 0.3) is 11.8 Å². The lowest BCUT2D eigenvalue weighted by Gasteiger charge is -2.25. The van der Waals surface area contributed by atoms with Gasteiger partial charge in [0.2, 0.25) is 0 Å². The fraction of sp³-hybridized carbons (Fsp3) is 0.135. The van der Waals surface area contributed by atoms with Crippen molar-refractivity contribution in [2.24, 2.45) is 4.99 Å². The van der Waals surface area contributed by atoms with Gasteiger partial charge < -0.3 is 14.2 Å². The van der Waals surface area contributed by atoms with Crippen LogP contribution in [0.3, 0.4) is 0 Å². The van der Waals surface area contributed by atoms with Crippen LogP contribution in [0.15, 0.2) is 118 Å². The Labute approximate surface area is 269 Å². The number of nitriles is 1. The van der Waals surface area contributed by atoms with Crippen molar-refractivity contribution in [1.82, 2.24) is 4.57 Å². The van der Waals surface area contributed by atoms with Crippen LogP contribution in [-0.2, 0) is 16.1 Å². The molecular weight excluding hydrogens is 598 g/mol. The summed E-state index contributed by atoms with van der Waals surface area (Å²) >= 11 is 1.24. The van der Waals surface area contributed by atoms with Gasteiger partial charge >= 0.3 is 5.97 Å². The van der Waals surface area contributed by atoms with E-state index < -0.39 is 12.0 Å². The van der Waals surface area contributed by atoms with Crippen LogP contribution in [0.1, 0.15) is 40.8 Å². The lowest BCUT2D eigenvalue weighted by Crippen LogP contribution is -2.40. The Kier molecular flexibility index (Phi) is 8.90. The fourth-order valence-corrected chi connectivity index (χ4v) is 6.32. The number of hydrogen-bond acceptors (Lipinski definition) is 8. The van der Waals surface area contributed by atoms with Crippen molar-refractivity contribution in [3.63, 3.8) is 0 Å². The van der Waals surface area contributed by atoms with Gasteiger partial charge in [-0.2, -0.15) is 5.26 Å². The van der Waals surface area contributed by atoms with Crippen molar-refractivity contribution in [2.75, 3.05) is 13.7 Å². The van der Waals surface area contributed by atoms with Gasteiger partial charge in [-0.1, -0.05) is 96.3 Å². The molecule has 5 aromatic rings. The van der Waals surface area contributed by atoms with Crippen molar-refractivity contribution in [2.45, 2.75) is 19.6 Å². The number of ether oxygens (including phenoxy) is 3. The molecule has 0 radical (unpaired) electrons. The molecule has 1 aliphatic rings. The van der Waals surface area contributed by atoms with Crippen molar-refractivity contribution < 1.29 is 19.0 Å². The molecule has 8 nitrogen and oxygen atoms in total. The highest BCUT2D eigenvalue weighted by Gasteiger charge is 2.35. The Hall–Kier alpha value is -5.72. The molecule has 0 saturated heterocycles. The molecule has 1 atom stereocenters. The minimum absolute atomic E-state index is 0.178. The summed E-state index contributed by atoms with van der Waals surface area (Å²) in [6, 6.07) is 32.9. The third-order valence-electron chi connectivity index (χ3n) is 7.47. The van der Waals surface area contributed by atoms with E-state index in [1.165, 1.54) is 11.3 Å². The summed E-state index contributed by atoms with van der Waals surface area (Å²) in [5.41, 5.74) is 4.05. The topological polar surface area (TPSA) is 103 Å². The average Bonchev–Trinajstić information content (AvgIpc) is 3.41. The van der Waals surface area contributed by atoms with Crippen molar-refractivity contribution in [1.29, 1.82) is 5.26 Å². The molecule has 228 valence electrons. The minimum atomic E-state index is -0.758. The molecule has 0 fully saturated rings. The minimum Gasteiger partial charge on any atom is -0.493 e. The van der Waals surface area contributed by atoms with E-state index in [4.69, 9.17) is 24.5 Å². The third-order valence-corrected chi connectivity index (χ3v) is 8.45. The molecule has 0 aliphatic carbocycles. The van der Waals surface area contributed by atoms with Crippen LogP contribution < -0.4 is 24.4 Å². The maximum atomic E-state index is 14.3. The van der Waals surface area contributed by atoms with Crippen LogP contribution in [0.2, 0.25) is 0 Å². The maximum Gasteiger partial charge on any atom is 0.338 e. The van der Waals surface area contributed by atoms with Crippen molar-refractivity contribution in [3.8, 4) is 17.6 Å². The standard InChI is InChI=1S/C37H29N3O5S/c1-3-44-36(42)31-32(26-11-6-4-7-12-26)39-37-40(33(31)27-13-8-5-9-14-27)35(41)30(46-37)21-28-15-10-16-29(43-2)34(28)45-23-25-19-17-24(22-38)18-20-25/h4-21,33H,3,23H2,1-2H3/b30-21-/t33-/m1/s1. The summed E-state index contributed by atoms with van der Waals surface area (Å²) < 4.78 is 19.4. The van der Waals surface area contributed by atoms with E-state index in [0.29, 0.717) is 43.2 Å². The second-order valence-electron chi connectivity index (χ2n) is 10.3. The molecule has 46 heavy (non-hydrogen) atoms. The predicted octanol–water partition coefficient (Wildman–Crippen LogP) is 5.39.